The largest absolute Gasteiger partial charge is 0.365 e. The molecule has 0 radical (unpaired) electrons. The summed E-state index contributed by atoms with van der Waals surface area (Å²) in [5, 5.41) is 6.12. The Morgan fingerprint density at radius 3 is 2.33 bits per heavy atom. The van der Waals surface area contributed by atoms with Crippen molar-refractivity contribution in [3.8, 4) is 11.3 Å². The van der Waals surface area contributed by atoms with Crippen LogP contribution in [0.3, 0.4) is 0 Å². The molecule has 1 amide bonds. The van der Waals surface area contributed by atoms with Crippen molar-refractivity contribution >= 4 is 11.6 Å². The van der Waals surface area contributed by atoms with Gasteiger partial charge >= 0.3 is 5.69 Å². The molecule has 0 spiro atoms. The average Bonchev–Trinajstić information content (AvgIpc) is 2.64. The lowest BCUT2D eigenvalue weighted by atomic mass is 10.1. The van der Waals surface area contributed by atoms with Crippen molar-refractivity contribution in [2.75, 3.05) is 5.32 Å². The first kappa shape index (κ1) is 18.4. The van der Waals surface area contributed by atoms with Gasteiger partial charge in [-0.25, -0.2) is 18.3 Å². The van der Waals surface area contributed by atoms with Crippen LogP contribution in [0.2, 0.25) is 0 Å². The second-order valence-electron chi connectivity index (χ2n) is 6.00. The van der Waals surface area contributed by atoms with Gasteiger partial charge in [-0.05, 0) is 26.0 Å². The maximum Gasteiger partial charge on any atom is 0.365 e. The quantitative estimate of drug-likeness (QED) is 0.766. The van der Waals surface area contributed by atoms with Crippen LogP contribution in [0, 0.1) is 18.6 Å². The lowest BCUT2D eigenvalue weighted by Crippen LogP contribution is -2.35. The van der Waals surface area contributed by atoms with Gasteiger partial charge in [0.05, 0.1) is 11.9 Å². The number of aryl methyl sites for hydroxylation is 1. The lowest BCUT2D eigenvalue weighted by Gasteiger charge is -2.14. The van der Waals surface area contributed by atoms with Gasteiger partial charge in [-0.15, -0.1) is 0 Å². The summed E-state index contributed by atoms with van der Waals surface area (Å²) in [6.45, 7) is 3.32. The molecule has 138 valence electrons. The fourth-order valence-corrected chi connectivity index (χ4v) is 2.43. The van der Waals surface area contributed by atoms with E-state index >= 15 is 0 Å². The fraction of sp³-hybridized carbons (Fsp3) is 0.158. The molecule has 6 nitrogen and oxygen atoms in total. The Morgan fingerprint density at radius 1 is 1.11 bits per heavy atom. The molecule has 3 aromatic rings. The molecular weight excluding hydrogens is 354 g/mol. The van der Waals surface area contributed by atoms with Gasteiger partial charge in [0, 0.05) is 5.56 Å². The number of carbonyl (C=O) groups is 1. The first-order valence-corrected chi connectivity index (χ1v) is 8.14. The van der Waals surface area contributed by atoms with Gasteiger partial charge < -0.3 is 5.32 Å². The fourth-order valence-electron chi connectivity index (χ4n) is 2.43. The number of amides is 1. The molecule has 0 aliphatic rings. The number of benzene rings is 2. The Labute approximate surface area is 153 Å². The average molecular weight is 370 g/mol. The number of rotatable bonds is 4. The minimum Gasteiger partial charge on any atom is -0.319 e. The summed E-state index contributed by atoms with van der Waals surface area (Å²) in [5.74, 6) is -2.62. The second-order valence-corrected chi connectivity index (χ2v) is 6.00. The zero-order chi connectivity index (χ0) is 19.6. The zero-order valence-corrected chi connectivity index (χ0v) is 14.6. The monoisotopic (exact) mass is 370 g/mol. The third-order valence-corrected chi connectivity index (χ3v) is 4.02. The minimum absolute atomic E-state index is 0.365. The first-order valence-electron chi connectivity index (χ1n) is 8.14. The van der Waals surface area contributed by atoms with Crippen molar-refractivity contribution in [2.24, 2.45) is 0 Å². The molecule has 27 heavy (non-hydrogen) atoms. The van der Waals surface area contributed by atoms with Crippen molar-refractivity contribution < 1.29 is 13.6 Å². The topological polar surface area (TPSA) is 76.9 Å². The Bertz CT molecular complexity index is 1030. The second kappa shape index (κ2) is 7.45. The molecule has 1 heterocycles. The molecule has 0 saturated heterocycles. The number of hydrogen-bond acceptors (Lipinski definition) is 4. The number of carbonyl (C=O) groups excluding carboxylic acids is 1. The van der Waals surface area contributed by atoms with E-state index in [2.05, 4.69) is 15.4 Å². The van der Waals surface area contributed by atoms with Gasteiger partial charge in [0.25, 0.3) is 0 Å². The highest BCUT2D eigenvalue weighted by molar-refractivity contribution is 5.93. The Hall–Kier alpha value is -3.42. The Kier molecular flexibility index (Phi) is 5.07. The van der Waals surface area contributed by atoms with E-state index in [0.717, 1.165) is 22.4 Å². The highest BCUT2D eigenvalue weighted by Crippen LogP contribution is 2.19. The molecule has 1 unspecified atom stereocenters. The summed E-state index contributed by atoms with van der Waals surface area (Å²) in [6, 6.07) is 9.47. The minimum atomic E-state index is -1.11. The van der Waals surface area contributed by atoms with Gasteiger partial charge in [-0.3, -0.25) is 4.79 Å². The first-order chi connectivity index (χ1) is 12.9. The van der Waals surface area contributed by atoms with Crippen molar-refractivity contribution in [1.29, 1.82) is 0 Å². The van der Waals surface area contributed by atoms with Gasteiger partial charge in [0.2, 0.25) is 5.91 Å². The molecule has 0 aliphatic heterocycles. The molecule has 0 fully saturated rings. The van der Waals surface area contributed by atoms with Gasteiger partial charge in [-0.1, -0.05) is 35.9 Å². The van der Waals surface area contributed by atoms with Crippen LogP contribution in [0.5, 0.6) is 0 Å². The predicted octanol–water partition coefficient (Wildman–Crippen LogP) is 3.09. The normalized spacial score (nSPS) is 11.9. The summed E-state index contributed by atoms with van der Waals surface area (Å²) in [6.07, 6.45) is 1.36. The molecule has 3 rings (SSSR count). The number of halogens is 2. The van der Waals surface area contributed by atoms with Crippen molar-refractivity contribution in [1.82, 2.24) is 14.8 Å². The maximum atomic E-state index is 13.7. The van der Waals surface area contributed by atoms with Crippen LogP contribution < -0.4 is 11.0 Å². The standard InChI is InChI=1S/C19H16F2N4O2/c1-11-6-8-13(9-7-11)16-10-22-25(19(27)23-16)12(2)18(26)24-17-14(20)4-3-5-15(17)21/h3-10,12H,1-2H3,(H,24,26). The summed E-state index contributed by atoms with van der Waals surface area (Å²) in [4.78, 5) is 28.5. The number of nitrogens with zero attached hydrogens (tertiary/aromatic N) is 3. The Morgan fingerprint density at radius 2 is 1.74 bits per heavy atom. The van der Waals surface area contributed by atoms with Crippen molar-refractivity contribution in [2.45, 2.75) is 19.9 Å². The maximum absolute atomic E-state index is 13.7. The summed E-state index contributed by atoms with van der Waals surface area (Å²) in [5.41, 5.74) is 0.814. The molecular formula is C19H16F2N4O2. The molecule has 1 N–H and O–H groups in total. The number of para-hydroxylation sites is 1. The molecule has 0 aliphatic carbocycles. The lowest BCUT2D eigenvalue weighted by molar-refractivity contribution is -0.119. The van der Waals surface area contributed by atoms with Crippen LogP contribution >= 0.6 is 0 Å². The van der Waals surface area contributed by atoms with E-state index in [0.29, 0.717) is 11.3 Å². The van der Waals surface area contributed by atoms with Crippen LogP contribution in [0.1, 0.15) is 18.5 Å². The highest BCUT2D eigenvalue weighted by Gasteiger charge is 2.21. The van der Waals surface area contributed by atoms with E-state index < -0.39 is 35.0 Å². The van der Waals surface area contributed by atoms with Crippen LogP contribution in [-0.4, -0.2) is 20.7 Å². The predicted molar refractivity (Wildman–Crippen MR) is 96.2 cm³/mol. The smallest absolute Gasteiger partial charge is 0.319 e. The van der Waals surface area contributed by atoms with Gasteiger partial charge in [0.15, 0.2) is 0 Å². The zero-order valence-electron chi connectivity index (χ0n) is 14.6. The van der Waals surface area contributed by atoms with Gasteiger partial charge in [-0.2, -0.15) is 10.1 Å². The van der Waals surface area contributed by atoms with Crippen molar-refractivity contribution in [3.05, 3.63) is 76.3 Å². The van der Waals surface area contributed by atoms with E-state index in [1.54, 1.807) is 12.1 Å². The van der Waals surface area contributed by atoms with Crippen LogP contribution in [-0.2, 0) is 4.79 Å². The van der Waals surface area contributed by atoms with Crippen LogP contribution in [0.25, 0.3) is 11.3 Å². The number of aromatic nitrogens is 3. The Balaban J connectivity index is 1.84. The third kappa shape index (κ3) is 3.89. The third-order valence-electron chi connectivity index (χ3n) is 4.02. The molecule has 1 atom stereocenters. The summed E-state index contributed by atoms with van der Waals surface area (Å²) >= 11 is 0. The van der Waals surface area contributed by atoms with Crippen LogP contribution in [0.4, 0.5) is 14.5 Å². The SMILES string of the molecule is Cc1ccc(-c2cnn(C(C)C(=O)Nc3c(F)cccc3F)c(=O)n2)cc1. The summed E-state index contributed by atoms with van der Waals surface area (Å²) < 4.78 is 28.2. The molecule has 8 heteroatoms. The molecule has 0 bridgehead atoms. The molecule has 0 saturated carbocycles. The summed E-state index contributed by atoms with van der Waals surface area (Å²) in [7, 11) is 0. The van der Waals surface area contributed by atoms with Crippen molar-refractivity contribution in [3.63, 3.8) is 0 Å². The van der Waals surface area contributed by atoms with E-state index in [1.165, 1.54) is 19.2 Å². The molecule has 1 aromatic heterocycles. The molecule has 2 aromatic carbocycles. The van der Waals surface area contributed by atoms with E-state index in [-0.39, 0.29) is 0 Å². The van der Waals surface area contributed by atoms with E-state index in [1.807, 2.05) is 19.1 Å². The van der Waals surface area contributed by atoms with Crippen LogP contribution in [0.15, 0.2) is 53.5 Å². The van der Waals surface area contributed by atoms with Gasteiger partial charge in [0.1, 0.15) is 23.4 Å². The van der Waals surface area contributed by atoms with E-state index in [9.17, 15) is 18.4 Å². The van der Waals surface area contributed by atoms with E-state index in [4.69, 9.17) is 0 Å². The highest BCUT2D eigenvalue weighted by atomic mass is 19.1. The number of nitrogens with one attached hydrogen (secondary N) is 1. The number of hydrogen-bond donors (Lipinski definition) is 1. The number of anilines is 1.